The summed E-state index contributed by atoms with van der Waals surface area (Å²) >= 11 is 1.11. The molecule has 2 heterocycles. The van der Waals surface area contributed by atoms with Gasteiger partial charge in [-0.3, -0.25) is 24.1 Å². The molecule has 1 unspecified atom stereocenters. The van der Waals surface area contributed by atoms with Crippen molar-refractivity contribution in [1.29, 1.82) is 0 Å². The number of ether oxygens (including phenoxy) is 1. The van der Waals surface area contributed by atoms with E-state index in [1.54, 1.807) is 5.38 Å². The van der Waals surface area contributed by atoms with E-state index in [1.165, 1.54) is 31.2 Å². The summed E-state index contributed by atoms with van der Waals surface area (Å²) in [4.78, 5) is 62.3. The van der Waals surface area contributed by atoms with E-state index in [2.05, 4.69) is 5.32 Å². The number of amides is 4. The quantitative estimate of drug-likeness (QED) is 0.475. The summed E-state index contributed by atoms with van der Waals surface area (Å²) in [5.41, 5.74) is 5.82. The smallest absolute Gasteiger partial charge is 0.338 e. The van der Waals surface area contributed by atoms with E-state index in [9.17, 15) is 24.0 Å². The van der Waals surface area contributed by atoms with Crippen LogP contribution >= 0.6 is 11.3 Å². The Morgan fingerprint density at radius 1 is 1.16 bits per heavy atom. The lowest BCUT2D eigenvalue weighted by atomic mass is 10.1. The average molecular weight is 443 g/mol. The van der Waals surface area contributed by atoms with E-state index in [1.807, 2.05) is 6.92 Å². The predicted octanol–water partition coefficient (Wildman–Crippen LogP) is 2.43. The Labute approximate surface area is 182 Å². The second-order valence-electron chi connectivity index (χ2n) is 6.94. The number of primary amides is 1. The van der Waals surface area contributed by atoms with Crippen molar-refractivity contribution in [2.75, 3.05) is 11.9 Å². The molecule has 0 bridgehead atoms. The lowest BCUT2D eigenvalue weighted by molar-refractivity contribution is -0.123. The van der Waals surface area contributed by atoms with Crippen molar-refractivity contribution < 1.29 is 28.7 Å². The summed E-state index contributed by atoms with van der Waals surface area (Å²) < 4.78 is 5.19. The van der Waals surface area contributed by atoms with Crippen LogP contribution in [0.25, 0.3) is 0 Å². The molecule has 162 valence electrons. The van der Waals surface area contributed by atoms with Gasteiger partial charge in [0.05, 0.1) is 22.3 Å². The molecule has 9 nitrogen and oxygen atoms in total. The Morgan fingerprint density at radius 2 is 1.87 bits per heavy atom. The first-order valence-electron chi connectivity index (χ1n) is 9.64. The topological polar surface area (TPSA) is 136 Å². The highest BCUT2D eigenvalue weighted by Crippen LogP contribution is 2.25. The van der Waals surface area contributed by atoms with Crippen molar-refractivity contribution >= 4 is 45.9 Å². The van der Waals surface area contributed by atoms with Crippen molar-refractivity contribution in [3.05, 3.63) is 51.9 Å². The summed E-state index contributed by atoms with van der Waals surface area (Å²) in [6, 6.07) is 5.57. The van der Waals surface area contributed by atoms with E-state index in [0.717, 1.165) is 22.7 Å². The molecule has 0 spiro atoms. The lowest BCUT2D eigenvalue weighted by Gasteiger charge is -2.13. The van der Waals surface area contributed by atoms with Crippen molar-refractivity contribution in [1.82, 2.24) is 4.90 Å². The first kappa shape index (κ1) is 22.2. The maximum atomic E-state index is 12.5. The molecule has 1 aliphatic heterocycles. The van der Waals surface area contributed by atoms with E-state index in [-0.39, 0.29) is 33.2 Å². The Kier molecular flexibility index (Phi) is 6.50. The van der Waals surface area contributed by atoms with Gasteiger partial charge in [-0.2, -0.15) is 0 Å². The number of hydrogen-bond acceptors (Lipinski definition) is 7. The number of fused-ring (bicyclic) bond motifs is 1. The maximum Gasteiger partial charge on any atom is 0.338 e. The number of benzene rings is 1. The van der Waals surface area contributed by atoms with Crippen LogP contribution < -0.4 is 11.1 Å². The Morgan fingerprint density at radius 3 is 2.55 bits per heavy atom. The van der Waals surface area contributed by atoms with E-state index in [4.69, 9.17) is 10.5 Å². The molecule has 0 aliphatic carbocycles. The van der Waals surface area contributed by atoms with Crippen LogP contribution in [0.2, 0.25) is 0 Å². The Bertz CT molecular complexity index is 1080. The summed E-state index contributed by atoms with van der Waals surface area (Å²) in [6.07, 6.45) is 0.341. The van der Waals surface area contributed by atoms with Crippen molar-refractivity contribution in [2.24, 2.45) is 5.73 Å². The van der Waals surface area contributed by atoms with Gasteiger partial charge in [0.15, 0.2) is 6.10 Å². The van der Waals surface area contributed by atoms with Crippen molar-refractivity contribution in [3.8, 4) is 0 Å². The maximum absolute atomic E-state index is 12.5. The first-order valence-corrected chi connectivity index (χ1v) is 10.5. The summed E-state index contributed by atoms with van der Waals surface area (Å²) in [6.45, 7) is 3.64. The highest BCUT2D eigenvalue weighted by Gasteiger charge is 2.35. The predicted molar refractivity (Wildman–Crippen MR) is 113 cm³/mol. The van der Waals surface area contributed by atoms with E-state index >= 15 is 0 Å². The Balaban J connectivity index is 1.69. The Hall–Kier alpha value is -3.53. The number of anilines is 1. The number of nitrogens with zero attached hydrogens (tertiary/aromatic N) is 1. The van der Waals surface area contributed by atoms with Crippen LogP contribution in [0.5, 0.6) is 0 Å². The van der Waals surface area contributed by atoms with Gasteiger partial charge in [-0.15, -0.1) is 11.3 Å². The molecular formula is C21H21N3O6S. The number of imide groups is 1. The molecule has 2 aromatic rings. The first-order chi connectivity index (χ1) is 14.7. The number of carbonyl (C=O) groups is 5. The lowest BCUT2D eigenvalue weighted by Crippen LogP contribution is -2.30. The third kappa shape index (κ3) is 4.48. The molecule has 0 saturated heterocycles. The SMILES string of the molecule is CCCCN1C(=O)c2ccc(C(=O)OC(C)C(=O)Nc3sccc3C(N)=O)cc2C1=O. The van der Waals surface area contributed by atoms with Gasteiger partial charge in [-0.25, -0.2) is 4.79 Å². The highest BCUT2D eigenvalue weighted by atomic mass is 32.1. The number of esters is 1. The normalized spacial score (nSPS) is 13.7. The largest absolute Gasteiger partial charge is 0.449 e. The summed E-state index contributed by atoms with van der Waals surface area (Å²) in [5.74, 6) is -2.99. The van der Waals surface area contributed by atoms with Crippen LogP contribution in [0.1, 0.15) is 68.1 Å². The standard InChI is InChI=1S/C21H21N3O6S/c1-3-4-8-24-19(27)13-6-5-12(10-15(13)20(24)28)21(29)30-11(2)17(26)23-18-14(16(22)25)7-9-31-18/h5-7,9-11H,3-4,8H2,1-2H3,(H2,22,25)(H,23,26). The van der Waals surface area contributed by atoms with Crippen LogP contribution in [0.4, 0.5) is 5.00 Å². The zero-order valence-electron chi connectivity index (χ0n) is 17.0. The zero-order valence-corrected chi connectivity index (χ0v) is 17.8. The minimum absolute atomic E-state index is 0.0471. The fourth-order valence-electron chi connectivity index (χ4n) is 3.03. The van der Waals surface area contributed by atoms with Crippen LogP contribution in [-0.4, -0.2) is 47.1 Å². The van der Waals surface area contributed by atoms with Gasteiger partial charge in [0, 0.05) is 6.54 Å². The van der Waals surface area contributed by atoms with Crippen LogP contribution in [0, 0.1) is 0 Å². The molecule has 1 aromatic carbocycles. The van der Waals surface area contributed by atoms with Gasteiger partial charge >= 0.3 is 5.97 Å². The molecule has 31 heavy (non-hydrogen) atoms. The third-order valence-corrected chi connectivity index (χ3v) is 5.59. The van der Waals surface area contributed by atoms with Crippen molar-refractivity contribution in [3.63, 3.8) is 0 Å². The second-order valence-corrected chi connectivity index (χ2v) is 7.86. The molecule has 0 radical (unpaired) electrons. The fraction of sp³-hybridized carbons (Fsp3) is 0.286. The molecule has 3 N–H and O–H groups in total. The monoisotopic (exact) mass is 443 g/mol. The van der Waals surface area contributed by atoms with E-state index in [0.29, 0.717) is 13.0 Å². The second kappa shape index (κ2) is 9.09. The molecular weight excluding hydrogens is 422 g/mol. The minimum atomic E-state index is -1.18. The van der Waals surface area contributed by atoms with Gasteiger partial charge in [0.1, 0.15) is 5.00 Å². The number of thiophene rings is 1. The third-order valence-electron chi connectivity index (χ3n) is 4.76. The average Bonchev–Trinajstić information content (AvgIpc) is 3.29. The number of hydrogen-bond donors (Lipinski definition) is 2. The molecule has 0 fully saturated rings. The molecule has 1 aromatic heterocycles. The molecule has 0 saturated carbocycles. The van der Waals surface area contributed by atoms with Crippen molar-refractivity contribution in [2.45, 2.75) is 32.8 Å². The number of nitrogens with two attached hydrogens (primary N) is 1. The fourth-order valence-corrected chi connectivity index (χ4v) is 3.83. The number of nitrogens with one attached hydrogen (secondary N) is 1. The molecule has 1 aliphatic rings. The van der Waals surface area contributed by atoms with Gasteiger partial charge < -0.3 is 15.8 Å². The van der Waals surface area contributed by atoms with Gasteiger partial charge in [0.2, 0.25) is 0 Å². The van der Waals surface area contributed by atoms with Crippen LogP contribution in [0.3, 0.4) is 0 Å². The number of rotatable bonds is 8. The van der Waals surface area contributed by atoms with E-state index < -0.39 is 29.8 Å². The zero-order chi connectivity index (χ0) is 22.7. The number of carbonyl (C=O) groups excluding carboxylic acids is 5. The number of unbranched alkanes of at least 4 members (excludes halogenated alkanes) is 1. The van der Waals surface area contributed by atoms with Crippen LogP contribution in [0.15, 0.2) is 29.6 Å². The highest BCUT2D eigenvalue weighted by molar-refractivity contribution is 7.14. The summed E-state index contributed by atoms with van der Waals surface area (Å²) in [7, 11) is 0. The van der Waals surface area contributed by atoms with Gasteiger partial charge in [-0.1, -0.05) is 13.3 Å². The molecule has 3 rings (SSSR count). The van der Waals surface area contributed by atoms with Gasteiger partial charge in [0.25, 0.3) is 23.6 Å². The van der Waals surface area contributed by atoms with Gasteiger partial charge in [-0.05, 0) is 43.0 Å². The molecule has 10 heteroatoms. The van der Waals surface area contributed by atoms with Crippen LogP contribution in [-0.2, 0) is 9.53 Å². The molecule has 1 atom stereocenters. The molecule has 4 amide bonds. The minimum Gasteiger partial charge on any atom is -0.449 e. The summed E-state index contributed by atoms with van der Waals surface area (Å²) in [5, 5.41) is 4.36.